The molecule has 6 atom stereocenters. The van der Waals surface area contributed by atoms with Crippen LogP contribution >= 0.6 is 0 Å². The first kappa shape index (κ1) is 34.2. The number of imide groups is 2. The molecule has 6 unspecified atom stereocenters. The molecule has 2 saturated heterocycles. The Kier molecular flexibility index (Phi) is 8.36. The molecule has 3 fully saturated rings. The number of allylic oxidation sites excluding steroid dienone is 2. The molecule has 0 spiro atoms. The number of fused-ring (bicyclic) bond motifs is 4. The second kappa shape index (κ2) is 12.9. The van der Waals surface area contributed by atoms with Crippen molar-refractivity contribution in [1.29, 1.82) is 0 Å². The minimum Gasteiger partial charge on any atom is -0.502 e. The van der Waals surface area contributed by atoms with E-state index in [1.165, 1.54) is 19.1 Å². The molecule has 2 heterocycles. The lowest BCUT2D eigenvalue weighted by Crippen LogP contribution is -2.53. The van der Waals surface area contributed by atoms with Crippen LogP contribution in [0.5, 0.6) is 17.2 Å². The van der Waals surface area contributed by atoms with Gasteiger partial charge < -0.3 is 14.6 Å². The highest BCUT2D eigenvalue weighted by Crippen LogP contribution is 2.65. The molecular formula is C43H41N3O7. The summed E-state index contributed by atoms with van der Waals surface area (Å²) in [6, 6.07) is 27.6. The number of aryl methyl sites for hydroxylation is 2. The first-order valence-corrected chi connectivity index (χ1v) is 18.0. The number of hydrogen-bond donors (Lipinski definition) is 2. The lowest BCUT2D eigenvalue weighted by atomic mass is 9.49. The Labute approximate surface area is 308 Å². The number of carbonyl (C=O) groups excluding carboxylic acids is 4. The standard InChI is InChI=1S/C43H41N3O7/c1-5-25-13-17-29(18-14-25)45-39(48)31-20-19-30-32(36(31)41(45)50)23-33-40(49)46(44-28-15-11-24(2)12-16-28)42(51)43(33,27-9-7-6-8-10-27)37(30)26-21-34(52-3)38(47)35(22-26)53-4/h6-19,21-22,31-33,36-37,44,47H,5,20,23H2,1-4H3. The Morgan fingerprint density at radius 1 is 0.830 bits per heavy atom. The SMILES string of the molecule is CCc1ccc(N2C(=O)C3CC=C4C(CC5C(=O)N(Nc6ccc(C)cc6)C(=O)C5(c5ccccc5)C4c4cc(OC)c(O)c(OC)c4)C3C2=O)cc1. The largest absolute Gasteiger partial charge is 0.502 e. The van der Waals surface area contributed by atoms with Gasteiger partial charge in [0.05, 0.1) is 48.8 Å². The number of phenolic OH excluding ortho intramolecular Hbond substituents is 1. The van der Waals surface area contributed by atoms with Gasteiger partial charge in [-0.05, 0) is 85.2 Å². The molecule has 10 heteroatoms. The van der Waals surface area contributed by atoms with E-state index < -0.39 is 46.8 Å². The Hall–Kier alpha value is -5.90. The zero-order valence-corrected chi connectivity index (χ0v) is 30.0. The second-order valence-corrected chi connectivity index (χ2v) is 14.4. The molecule has 4 aromatic carbocycles. The first-order valence-electron chi connectivity index (χ1n) is 18.0. The van der Waals surface area contributed by atoms with E-state index in [-0.39, 0.29) is 41.9 Å². The van der Waals surface area contributed by atoms with Crippen molar-refractivity contribution in [1.82, 2.24) is 5.01 Å². The third kappa shape index (κ3) is 5.06. The van der Waals surface area contributed by atoms with Crippen molar-refractivity contribution in [2.75, 3.05) is 24.5 Å². The van der Waals surface area contributed by atoms with Gasteiger partial charge in [0.2, 0.25) is 17.6 Å². The van der Waals surface area contributed by atoms with Crippen LogP contribution in [0.3, 0.4) is 0 Å². The van der Waals surface area contributed by atoms with Crippen LogP contribution in [0.4, 0.5) is 11.4 Å². The van der Waals surface area contributed by atoms with Crippen LogP contribution in [0, 0.1) is 30.6 Å². The highest BCUT2D eigenvalue weighted by Gasteiger charge is 2.70. The van der Waals surface area contributed by atoms with Gasteiger partial charge in [-0.3, -0.25) is 29.5 Å². The van der Waals surface area contributed by atoms with Gasteiger partial charge in [-0.15, -0.1) is 0 Å². The normalized spacial score (nSPS) is 26.2. The molecule has 10 nitrogen and oxygen atoms in total. The Balaban J connectivity index is 1.33. The van der Waals surface area contributed by atoms with E-state index in [9.17, 15) is 19.5 Å². The summed E-state index contributed by atoms with van der Waals surface area (Å²) in [6.45, 7) is 4.00. The number of hydrazine groups is 1. The van der Waals surface area contributed by atoms with Crippen LogP contribution in [-0.2, 0) is 31.0 Å². The van der Waals surface area contributed by atoms with E-state index in [4.69, 9.17) is 9.47 Å². The van der Waals surface area contributed by atoms with Crippen LogP contribution in [-0.4, -0.2) is 48.0 Å². The van der Waals surface area contributed by atoms with Crippen LogP contribution in [0.1, 0.15) is 47.9 Å². The van der Waals surface area contributed by atoms with Crippen molar-refractivity contribution in [2.45, 2.75) is 44.4 Å². The summed E-state index contributed by atoms with van der Waals surface area (Å²) < 4.78 is 11.2. The molecule has 1 saturated carbocycles. The predicted octanol–water partition coefficient (Wildman–Crippen LogP) is 6.47. The van der Waals surface area contributed by atoms with Crippen LogP contribution in [0.25, 0.3) is 0 Å². The molecule has 4 amide bonds. The van der Waals surface area contributed by atoms with Crippen molar-refractivity contribution in [3.05, 3.63) is 125 Å². The van der Waals surface area contributed by atoms with Crippen molar-refractivity contribution in [3.8, 4) is 17.2 Å². The maximum Gasteiger partial charge on any atom is 0.260 e. The number of aromatic hydroxyl groups is 1. The molecule has 2 N–H and O–H groups in total. The summed E-state index contributed by atoms with van der Waals surface area (Å²) in [7, 11) is 2.87. The van der Waals surface area contributed by atoms with Crippen LogP contribution < -0.4 is 19.8 Å². The zero-order chi connectivity index (χ0) is 37.2. The van der Waals surface area contributed by atoms with Crippen LogP contribution in [0.15, 0.2) is 103 Å². The monoisotopic (exact) mass is 711 g/mol. The molecule has 2 aliphatic heterocycles. The molecule has 4 aromatic rings. The fraction of sp³-hybridized carbons (Fsp3) is 0.302. The van der Waals surface area contributed by atoms with Gasteiger partial charge >= 0.3 is 0 Å². The summed E-state index contributed by atoms with van der Waals surface area (Å²) >= 11 is 0. The van der Waals surface area contributed by atoms with Crippen molar-refractivity contribution in [3.63, 3.8) is 0 Å². The van der Waals surface area contributed by atoms with Crippen molar-refractivity contribution >= 4 is 35.0 Å². The average Bonchev–Trinajstić information content (AvgIpc) is 3.56. The van der Waals surface area contributed by atoms with Gasteiger partial charge in [0.15, 0.2) is 11.5 Å². The van der Waals surface area contributed by atoms with Crippen LogP contribution in [0.2, 0.25) is 0 Å². The van der Waals surface area contributed by atoms with Gasteiger partial charge in [0.1, 0.15) is 0 Å². The van der Waals surface area contributed by atoms with Crippen molar-refractivity contribution in [2.24, 2.45) is 23.7 Å². The third-order valence-electron chi connectivity index (χ3n) is 11.8. The number of phenols is 1. The Bertz CT molecular complexity index is 2140. The van der Waals surface area contributed by atoms with Crippen molar-refractivity contribution < 1.29 is 33.8 Å². The third-order valence-corrected chi connectivity index (χ3v) is 11.8. The van der Waals surface area contributed by atoms with E-state index in [1.54, 1.807) is 12.1 Å². The maximum absolute atomic E-state index is 15.4. The lowest BCUT2D eigenvalue weighted by Gasteiger charge is -2.50. The van der Waals surface area contributed by atoms with E-state index in [2.05, 4.69) is 5.43 Å². The predicted molar refractivity (Wildman–Crippen MR) is 198 cm³/mol. The zero-order valence-electron chi connectivity index (χ0n) is 30.0. The number of ether oxygens (including phenoxy) is 2. The number of nitrogens with zero attached hydrogens (tertiary/aromatic N) is 2. The second-order valence-electron chi connectivity index (χ2n) is 14.4. The molecular weight excluding hydrogens is 670 g/mol. The maximum atomic E-state index is 15.4. The molecule has 0 aromatic heterocycles. The number of anilines is 2. The molecule has 8 rings (SSSR count). The van der Waals surface area contributed by atoms with Gasteiger partial charge in [-0.2, -0.15) is 5.01 Å². The van der Waals surface area contributed by atoms with Gasteiger partial charge in [-0.1, -0.05) is 78.7 Å². The molecule has 2 aliphatic carbocycles. The Morgan fingerprint density at radius 3 is 2.11 bits per heavy atom. The molecule has 53 heavy (non-hydrogen) atoms. The highest BCUT2D eigenvalue weighted by atomic mass is 16.5. The number of amides is 4. The van der Waals surface area contributed by atoms with E-state index in [1.807, 2.05) is 98.8 Å². The molecule has 270 valence electrons. The lowest BCUT2D eigenvalue weighted by molar-refractivity contribution is -0.138. The summed E-state index contributed by atoms with van der Waals surface area (Å²) in [6.07, 6.45) is 3.29. The Morgan fingerprint density at radius 2 is 1.49 bits per heavy atom. The van der Waals surface area contributed by atoms with E-state index in [0.717, 1.165) is 28.1 Å². The number of methoxy groups -OCH3 is 2. The minimum absolute atomic E-state index is 0.135. The summed E-state index contributed by atoms with van der Waals surface area (Å²) in [5, 5.41) is 12.1. The number of carbonyl (C=O) groups is 4. The van der Waals surface area contributed by atoms with E-state index >= 15 is 4.79 Å². The number of hydrogen-bond acceptors (Lipinski definition) is 8. The average molecular weight is 712 g/mol. The summed E-state index contributed by atoms with van der Waals surface area (Å²) in [5.41, 5.74) is 6.86. The van der Waals surface area contributed by atoms with Gasteiger partial charge in [0, 0.05) is 5.92 Å². The molecule has 0 radical (unpaired) electrons. The van der Waals surface area contributed by atoms with E-state index in [0.29, 0.717) is 22.5 Å². The number of benzene rings is 4. The van der Waals surface area contributed by atoms with Gasteiger partial charge in [-0.25, -0.2) is 0 Å². The number of rotatable bonds is 8. The fourth-order valence-corrected chi connectivity index (χ4v) is 9.34. The first-order chi connectivity index (χ1) is 25.6. The fourth-order valence-electron chi connectivity index (χ4n) is 9.34. The highest BCUT2D eigenvalue weighted by molar-refractivity contribution is 6.22. The number of nitrogens with one attached hydrogen (secondary N) is 1. The molecule has 0 bridgehead atoms. The topological polar surface area (TPSA) is 125 Å². The van der Waals surface area contributed by atoms with Gasteiger partial charge in [0.25, 0.3) is 11.8 Å². The minimum atomic E-state index is -1.47. The summed E-state index contributed by atoms with van der Waals surface area (Å²) in [4.78, 5) is 60.3. The smallest absolute Gasteiger partial charge is 0.260 e. The molecule has 4 aliphatic rings. The summed E-state index contributed by atoms with van der Waals surface area (Å²) in [5.74, 6) is -5.00. The quantitative estimate of drug-likeness (QED) is 0.158.